The molecule has 1 aliphatic rings. The molecule has 2 aromatic carbocycles. The number of rotatable bonds is 6. The molecule has 4 rings (SSSR count). The van der Waals surface area contributed by atoms with Crippen molar-refractivity contribution < 1.29 is 61.4 Å². The molecule has 0 amide bonds. The van der Waals surface area contributed by atoms with Gasteiger partial charge in [0.15, 0.2) is 23.4 Å². The van der Waals surface area contributed by atoms with Crippen LogP contribution in [0.15, 0.2) is 51.7 Å². The number of fused-ring (bicyclic) bond motifs is 1. The van der Waals surface area contributed by atoms with Gasteiger partial charge in [-0.2, -0.15) is 8.42 Å². The smallest absolute Gasteiger partial charge is 0.446 e. The van der Waals surface area contributed by atoms with Crippen LogP contribution in [-0.4, -0.2) is 75.2 Å². The Morgan fingerprint density at radius 1 is 1.00 bits per heavy atom. The summed E-state index contributed by atoms with van der Waals surface area (Å²) in [5, 5.41) is 49.7. The van der Waals surface area contributed by atoms with Crippen LogP contribution in [0.4, 0.5) is 0 Å². The van der Waals surface area contributed by atoms with E-state index in [2.05, 4.69) is 4.18 Å². The highest BCUT2D eigenvalue weighted by Gasteiger charge is 2.48. The van der Waals surface area contributed by atoms with Crippen LogP contribution in [0.2, 0.25) is 0 Å². The molecule has 6 N–H and O–H groups in total. The monoisotopic (exact) mass is 526 g/mol. The molecule has 0 unspecified atom stereocenters. The van der Waals surface area contributed by atoms with Gasteiger partial charge in [-0.15, -0.1) is 0 Å². The molecule has 0 aliphatic carbocycles. The van der Waals surface area contributed by atoms with E-state index in [-0.39, 0.29) is 22.3 Å². The van der Waals surface area contributed by atoms with E-state index >= 15 is 0 Å². The van der Waals surface area contributed by atoms with E-state index in [1.54, 1.807) is 6.07 Å². The maximum Gasteiger partial charge on any atom is 0.446 e. The van der Waals surface area contributed by atoms with Crippen LogP contribution in [0, 0.1) is 0 Å². The van der Waals surface area contributed by atoms with Gasteiger partial charge in [0.1, 0.15) is 23.9 Å². The molecular weight excluding hydrogens is 508 g/mol. The first-order valence-electron chi connectivity index (χ1n) is 10.0. The number of aromatic hydroxyl groups is 1. The van der Waals surface area contributed by atoms with Gasteiger partial charge in [-0.3, -0.25) is 9.35 Å². The second-order valence-electron chi connectivity index (χ2n) is 7.63. The second kappa shape index (κ2) is 9.38. The molecule has 2 heterocycles. The number of phenols is 1. The van der Waals surface area contributed by atoms with Gasteiger partial charge in [0.05, 0.1) is 5.39 Å². The molecule has 5 atom stereocenters. The minimum Gasteiger partial charge on any atom is -0.504 e. The molecule has 0 bridgehead atoms. The maximum absolute atomic E-state index is 13.3. The zero-order valence-electron chi connectivity index (χ0n) is 17.8. The van der Waals surface area contributed by atoms with Crippen LogP contribution in [0.25, 0.3) is 22.3 Å². The van der Waals surface area contributed by atoms with E-state index in [4.69, 9.17) is 18.4 Å². The van der Waals surface area contributed by atoms with Crippen LogP contribution in [-0.2, 0) is 19.9 Å². The Hall–Kier alpha value is -3.73. The zero-order chi connectivity index (χ0) is 26.4. The predicted octanol–water partition coefficient (Wildman–Crippen LogP) is -0.382. The summed E-state index contributed by atoms with van der Waals surface area (Å²) >= 11 is 0. The zero-order valence-corrected chi connectivity index (χ0v) is 18.6. The van der Waals surface area contributed by atoms with Gasteiger partial charge in [-0.25, -0.2) is 4.79 Å². The van der Waals surface area contributed by atoms with Crippen LogP contribution in [0.3, 0.4) is 0 Å². The topological polar surface area (TPSA) is 230 Å². The van der Waals surface area contributed by atoms with Gasteiger partial charge in [0.2, 0.25) is 17.5 Å². The van der Waals surface area contributed by atoms with E-state index < -0.39 is 69.8 Å². The van der Waals surface area contributed by atoms with Gasteiger partial charge in [0.25, 0.3) is 0 Å². The van der Waals surface area contributed by atoms with E-state index in [1.165, 1.54) is 18.2 Å². The van der Waals surface area contributed by atoms with Crippen LogP contribution in [0.1, 0.15) is 0 Å². The lowest BCUT2D eigenvalue weighted by Gasteiger charge is -2.38. The minimum absolute atomic E-state index is 0.00691. The number of para-hydroxylation sites is 1. The molecule has 1 aromatic heterocycles. The average molecular weight is 526 g/mol. The van der Waals surface area contributed by atoms with Crippen LogP contribution < -0.4 is 14.3 Å². The number of carboxylic acids is 1. The summed E-state index contributed by atoms with van der Waals surface area (Å²) in [6.07, 6.45) is -9.97. The number of carbonyl (C=O) groups is 1. The molecule has 0 spiro atoms. The van der Waals surface area contributed by atoms with Gasteiger partial charge in [-0.05, 0) is 30.3 Å². The van der Waals surface area contributed by atoms with Crippen molar-refractivity contribution in [3.8, 4) is 28.6 Å². The first-order chi connectivity index (χ1) is 16.9. The molecule has 14 nitrogen and oxygen atoms in total. The highest BCUT2D eigenvalue weighted by atomic mass is 32.3. The minimum atomic E-state index is -4.96. The van der Waals surface area contributed by atoms with E-state index in [0.717, 1.165) is 18.2 Å². The van der Waals surface area contributed by atoms with Crippen molar-refractivity contribution in [1.82, 2.24) is 0 Å². The molecule has 3 aromatic rings. The fraction of sp³-hybridized carbons (Fsp3) is 0.238. The standard InChI is InChI=1S/C21H18O14S/c22-10-7-8(5-6-12(10)35-36(29,30)31)17-18(13(23)9-3-1-2-4-11(9)32-17)33-21-16(26)14(24)15(25)19(34-21)20(27)28/h1-7,14-16,19,21-22,24-26H,(H,27,28)(H,29,30,31)/t14-,15-,16+,19-,21+/m1/s1. The van der Waals surface area contributed by atoms with Crippen LogP contribution in [0.5, 0.6) is 17.2 Å². The fourth-order valence-electron chi connectivity index (χ4n) is 3.53. The van der Waals surface area contributed by atoms with Crippen molar-refractivity contribution in [3.63, 3.8) is 0 Å². The largest absolute Gasteiger partial charge is 0.504 e. The van der Waals surface area contributed by atoms with E-state index in [0.29, 0.717) is 0 Å². The normalized spacial score (nSPS) is 24.4. The number of aliphatic hydroxyl groups is 3. The Bertz CT molecular complexity index is 1480. The Kier molecular flexibility index (Phi) is 6.61. The summed E-state index contributed by atoms with van der Waals surface area (Å²) in [6, 6.07) is 8.88. The van der Waals surface area contributed by atoms with Gasteiger partial charge in [-0.1, -0.05) is 12.1 Å². The Morgan fingerprint density at radius 2 is 1.69 bits per heavy atom. The third kappa shape index (κ3) is 4.83. The number of carboxylic acid groups (broad SMARTS) is 1. The molecule has 1 aliphatic heterocycles. The Morgan fingerprint density at radius 3 is 2.33 bits per heavy atom. The highest BCUT2D eigenvalue weighted by molar-refractivity contribution is 7.81. The predicted molar refractivity (Wildman–Crippen MR) is 117 cm³/mol. The van der Waals surface area contributed by atoms with Crippen molar-refractivity contribution in [2.75, 3.05) is 0 Å². The summed E-state index contributed by atoms with van der Waals surface area (Å²) in [5.74, 6) is -4.11. The highest BCUT2D eigenvalue weighted by Crippen LogP contribution is 2.37. The molecule has 1 fully saturated rings. The lowest BCUT2D eigenvalue weighted by atomic mass is 9.99. The number of benzene rings is 2. The lowest BCUT2D eigenvalue weighted by Crippen LogP contribution is -2.61. The van der Waals surface area contributed by atoms with Crippen molar-refractivity contribution in [3.05, 3.63) is 52.7 Å². The number of hydrogen-bond donors (Lipinski definition) is 6. The van der Waals surface area contributed by atoms with Gasteiger partial charge >= 0.3 is 16.4 Å². The quantitative estimate of drug-likeness (QED) is 0.225. The molecular formula is C21H18O14S. The molecule has 0 radical (unpaired) electrons. The van der Waals surface area contributed by atoms with Crippen molar-refractivity contribution >= 4 is 27.3 Å². The maximum atomic E-state index is 13.3. The molecule has 0 saturated carbocycles. The third-order valence-electron chi connectivity index (χ3n) is 5.22. The number of phenolic OH excluding ortho intramolecular Hbond substituents is 1. The first-order valence-corrected chi connectivity index (χ1v) is 11.4. The number of hydrogen-bond acceptors (Lipinski definition) is 12. The molecule has 192 valence electrons. The summed E-state index contributed by atoms with van der Waals surface area (Å²) < 4.78 is 51.3. The SMILES string of the molecule is O=C(O)[C@@H]1O[C@H](Oc2c(-c3ccc(OS(=O)(=O)O)c(O)c3)oc3ccccc3c2=O)[C@@H](O)[C@H](O)[C@H]1O. The Labute approximate surface area is 201 Å². The first kappa shape index (κ1) is 25.4. The van der Waals surface area contributed by atoms with Crippen LogP contribution >= 0.6 is 0 Å². The van der Waals surface area contributed by atoms with Crippen molar-refractivity contribution in [1.29, 1.82) is 0 Å². The third-order valence-corrected chi connectivity index (χ3v) is 5.61. The summed E-state index contributed by atoms with van der Waals surface area (Å²) in [7, 11) is -4.96. The van der Waals surface area contributed by atoms with E-state index in [1.807, 2.05) is 0 Å². The van der Waals surface area contributed by atoms with Gasteiger partial charge in [0, 0.05) is 5.56 Å². The molecule has 1 saturated heterocycles. The Balaban J connectivity index is 1.83. The van der Waals surface area contributed by atoms with Crippen molar-refractivity contribution in [2.45, 2.75) is 30.7 Å². The van der Waals surface area contributed by atoms with E-state index in [9.17, 15) is 43.5 Å². The number of ether oxygens (including phenoxy) is 2. The van der Waals surface area contributed by atoms with Crippen molar-refractivity contribution in [2.24, 2.45) is 0 Å². The summed E-state index contributed by atoms with van der Waals surface area (Å²) in [5.41, 5.74) is -0.826. The van der Waals surface area contributed by atoms with Gasteiger partial charge < -0.3 is 43.6 Å². The molecule has 15 heteroatoms. The summed E-state index contributed by atoms with van der Waals surface area (Å²) in [6.45, 7) is 0. The average Bonchev–Trinajstić information content (AvgIpc) is 2.81. The fourth-order valence-corrected chi connectivity index (χ4v) is 3.90. The molecule has 36 heavy (non-hydrogen) atoms. The number of aliphatic carboxylic acids is 1. The lowest BCUT2D eigenvalue weighted by molar-refractivity contribution is -0.271. The second-order valence-corrected chi connectivity index (χ2v) is 8.65. The number of aliphatic hydroxyl groups excluding tert-OH is 3. The summed E-state index contributed by atoms with van der Waals surface area (Å²) in [4.78, 5) is 24.7.